The van der Waals surface area contributed by atoms with Crippen molar-refractivity contribution in [3.8, 4) is 0 Å². The van der Waals surface area contributed by atoms with Gasteiger partial charge in [0, 0.05) is 5.56 Å². The van der Waals surface area contributed by atoms with Gasteiger partial charge in [0.15, 0.2) is 0 Å². The number of cyclic esters (lactones) is 1. The molecule has 1 heterocycles. The summed E-state index contributed by atoms with van der Waals surface area (Å²) in [6.45, 7) is 3.98. The molecule has 168 valence electrons. The third-order valence-electron chi connectivity index (χ3n) is 6.25. The number of Topliss-reactive ketones (excluding diaryl/α,β-unsaturated/α-hetero) is 1. The van der Waals surface area contributed by atoms with E-state index in [-0.39, 0.29) is 23.7 Å². The minimum Gasteiger partial charge on any atom is -0.511 e. The number of aliphatic hydroxyl groups excluding tert-OH is 1. The van der Waals surface area contributed by atoms with Gasteiger partial charge in [0.1, 0.15) is 16.9 Å². The molecule has 0 bridgehead atoms. The van der Waals surface area contributed by atoms with Crippen LogP contribution in [0.5, 0.6) is 0 Å². The molecular formula is C29H28O4. The molecule has 33 heavy (non-hydrogen) atoms. The Labute approximate surface area is 194 Å². The van der Waals surface area contributed by atoms with Crippen molar-refractivity contribution in [3.63, 3.8) is 0 Å². The minimum absolute atomic E-state index is 0.0561. The quantitative estimate of drug-likeness (QED) is 0.267. The van der Waals surface area contributed by atoms with Gasteiger partial charge >= 0.3 is 5.97 Å². The van der Waals surface area contributed by atoms with E-state index in [0.29, 0.717) is 18.4 Å². The third kappa shape index (κ3) is 4.61. The first kappa shape index (κ1) is 22.5. The third-order valence-corrected chi connectivity index (χ3v) is 6.25. The van der Waals surface area contributed by atoms with Crippen LogP contribution in [0, 0.1) is 0 Å². The van der Waals surface area contributed by atoms with Crippen LogP contribution in [0.3, 0.4) is 0 Å². The molecule has 3 aromatic carbocycles. The van der Waals surface area contributed by atoms with E-state index in [1.165, 1.54) is 0 Å². The molecule has 3 aromatic rings. The number of rotatable bonds is 7. The smallest absolute Gasteiger partial charge is 0.346 e. The second-order valence-corrected chi connectivity index (χ2v) is 8.80. The van der Waals surface area contributed by atoms with Crippen LogP contribution in [0.2, 0.25) is 0 Å². The van der Waals surface area contributed by atoms with Crippen LogP contribution >= 0.6 is 0 Å². The van der Waals surface area contributed by atoms with Crippen molar-refractivity contribution in [3.05, 3.63) is 119 Å². The van der Waals surface area contributed by atoms with Crippen molar-refractivity contribution in [2.75, 3.05) is 0 Å². The van der Waals surface area contributed by atoms with Crippen molar-refractivity contribution in [2.24, 2.45) is 0 Å². The summed E-state index contributed by atoms with van der Waals surface area (Å²) in [6.07, 6.45) is 1.21. The molecule has 0 amide bonds. The fourth-order valence-electron chi connectivity index (χ4n) is 4.48. The lowest BCUT2D eigenvalue weighted by molar-refractivity contribution is -0.160. The van der Waals surface area contributed by atoms with Gasteiger partial charge in [0.25, 0.3) is 0 Å². The summed E-state index contributed by atoms with van der Waals surface area (Å²) in [5, 5.41) is 11.1. The maximum atomic E-state index is 13.4. The number of hydrogen-bond acceptors (Lipinski definition) is 4. The Morgan fingerprint density at radius 3 is 2.18 bits per heavy atom. The van der Waals surface area contributed by atoms with E-state index in [9.17, 15) is 14.7 Å². The molecule has 1 unspecified atom stereocenters. The Balaban J connectivity index is 1.71. The number of carbonyl (C=O) groups is 2. The molecule has 4 rings (SSSR count). The van der Waals surface area contributed by atoms with Crippen LogP contribution in [-0.4, -0.2) is 16.9 Å². The fraction of sp³-hybridized carbons (Fsp3) is 0.241. The normalized spacial score (nSPS) is 18.3. The summed E-state index contributed by atoms with van der Waals surface area (Å²) >= 11 is 0. The van der Waals surface area contributed by atoms with E-state index < -0.39 is 17.4 Å². The Hall–Kier alpha value is -3.66. The molecule has 0 saturated heterocycles. The van der Waals surface area contributed by atoms with Crippen LogP contribution < -0.4 is 0 Å². The molecule has 0 spiro atoms. The van der Waals surface area contributed by atoms with E-state index in [0.717, 1.165) is 16.7 Å². The second kappa shape index (κ2) is 9.45. The lowest BCUT2D eigenvalue weighted by atomic mass is 9.80. The standard InChI is InChI=1S/C29H28O4/c1-20(2)23-15-9-10-16-24(23)27(31)26-25(30)19-29(33-28(26)32,22-13-7-4-8-14-22)18-17-21-11-5-3-6-12-21/h3-16,20,30H,17-19H2,1-2H3. The zero-order valence-electron chi connectivity index (χ0n) is 19.0. The van der Waals surface area contributed by atoms with Gasteiger partial charge < -0.3 is 9.84 Å². The number of ketones is 1. The fourth-order valence-corrected chi connectivity index (χ4v) is 4.48. The van der Waals surface area contributed by atoms with E-state index >= 15 is 0 Å². The Morgan fingerprint density at radius 1 is 0.939 bits per heavy atom. The van der Waals surface area contributed by atoms with Crippen molar-refractivity contribution < 1.29 is 19.4 Å². The largest absolute Gasteiger partial charge is 0.511 e. The summed E-state index contributed by atoms with van der Waals surface area (Å²) in [6, 6.07) is 26.6. The van der Waals surface area contributed by atoms with Crippen molar-refractivity contribution in [1.29, 1.82) is 0 Å². The van der Waals surface area contributed by atoms with Crippen molar-refractivity contribution in [1.82, 2.24) is 0 Å². The molecular weight excluding hydrogens is 412 g/mol. The zero-order valence-corrected chi connectivity index (χ0v) is 19.0. The van der Waals surface area contributed by atoms with E-state index in [1.54, 1.807) is 12.1 Å². The maximum Gasteiger partial charge on any atom is 0.346 e. The highest BCUT2D eigenvalue weighted by atomic mass is 16.6. The van der Waals surface area contributed by atoms with Gasteiger partial charge in [-0.15, -0.1) is 0 Å². The number of ether oxygens (including phenoxy) is 1. The van der Waals surface area contributed by atoms with E-state index in [1.807, 2.05) is 86.6 Å². The Morgan fingerprint density at radius 2 is 1.55 bits per heavy atom. The van der Waals surface area contributed by atoms with Gasteiger partial charge in [0.2, 0.25) is 5.78 Å². The highest BCUT2D eigenvalue weighted by molar-refractivity contribution is 6.25. The first-order chi connectivity index (χ1) is 15.9. The number of aliphatic hydroxyl groups is 1. The van der Waals surface area contributed by atoms with Crippen LogP contribution in [0.1, 0.15) is 59.7 Å². The Bertz CT molecular complexity index is 1180. The van der Waals surface area contributed by atoms with Crippen LogP contribution in [0.4, 0.5) is 0 Å². The zero-order chi connectivity index (χ0) is 23.4. The molecule has 4 nitrogen and oxygen atoms in total. The number of benzene rings is 3. The summed E-state index contributed by atoms with van der Waals surface area (Å²) in [4.78, 5) is 26.6. The molecule has 1 aliphatic heterocycles. The number of esters is 1. The van der Waals surface area contributed by atoms with Crippen molar-refractivity contribution >= 4 is 11.8 Å². The molecule has 1 aliphatic rings. The van der Waals surface area contributed by atoms with Crippen LogP contribution in [0.25, 0.3) is 0 Å². The summed E-state index contributed by atoms with van der Waals surface area (Å²) in [5.41, 5.74) is 1.85. The molecule has 0 saturated carbocycles. The van der Waals surface area contributed by atoms with E-state index in [2.05, 4.69) is 0 Å². The molecule has 0 aliphatic carbocycles. The highest BCUT2D eigenvalue weighted by Gasteiger charge is 2.45. The summed E-state index contributed by atoms with van der Waals surface area (Å²) in [7, 11) is 0. The van der Waals surface area contributed by atoms with Gasteiger partial charge in [-0.25, -0.2) is 4.79 Å². The molecule has 1 atom stereocenters. The highest BCUT2D eigenvalue weighted by Crippen LogP contribution is 2.42. The van der Waals surface area contributed by atoms with Crippen molar-refractivity contribution in [2.45, 2.75) is 44.6 Å². The SMILES string of the molecule is CC(C)c1ccccc1C(=O)C1=C(O)CC(CCc2ccccc2)(c2ccccc2)OC1=O. The van der Waals surface area contributed by atoms with E-state index in [4.69, 9.17) is 4.74 Å². The topological polar surface area (TPSA) is 63.6 Å². The molecule has 1 N–H and O–H groups in total. The molecule has 0 radical (unpaired) electrons. The lowest BCUT2D eigenvalue weighted by Gasteiger charge is -2.37. The number of hydrogen-bond donors (Lipinski definition) is 1. The first-order valence-electron chi connectivity index (χ1n) is 11.3. The molecule has 0 aromatic heterocycles. The molecule has 4 heteroatoms. The monoisotopic (exact) mass is 440 g/mol. The summed E-state index contributed by atoms with van der Waals surface area (Å²) in [5.74, 6) is -1.39. The van der Waals surface area contributed by atoms with Crippen LogP contribution in [0.15, 0.2) is 96.3 Å². The van der Waals surface area contributed by atoms with Crippen LogP contribution in [-0.2, 0) is 21.6 Å². The average Bonchev–Trinajstić information content (AvgIpc) is 2.83. The first-order valence-corrected chi connectivity index (χ1v) is 11.3. The maximum absolute atomic E-state index is 13.4. The minimum atomic E-state index is -1.04. The van der Waals surface area contributed by atoms with Gasteiger partial charge in [-0.2, -0.15) is 0 Å². The Kier molecular flexibility index (Phi) is 6.45. The van der Waals surface area contributed by atoms with Gasteiger partial charge in [0.05, 0.1) is 6.42 Å². The summed E-state index contributed by atoms with van der Waals surface area (Å²) < 4.78 is 6.03. The predicted molar refractivity (Wildman–Crippen MR) is 128 cm³/mol. The van der Waals surface area contributed by atoms with Gasteiger partial charge in [-0.3, -0.25) is 4.79 Å². The lowest BCUT2D eigenvalue weighted by Crippen LogP contribution is -2.40. The predicted octanol–water partition coefficient (Wildman–Crippen LogP) is 6.28. The second-order valence-electron chi connectivity index (χ2n) is 8.80. The van der Waals surface area contributed by atoms with Gasteiger partial charge in [-0.05, 0) is 35.4 Å². The van der Waals surface area contributed by atoms with Gasteiger partial charge in [-0.1, -0.05) is 98.8 Å². The molecule has 0 fully saturated rings. The average molecular weight is 441 g/mol. The number of carbonyl (C=O) groups excluding carboxylic acids is 2. The number of aryl methyl sites for hydroxylation is 1.